The largest absolute Gasteiger partial charge is 0.489 e. The van der Waals surface area contributed by atoms with Crippen molar-refractivity contribution in [3.63, 3.8) is 0 Å². The molecule has 0 spiro atoms. The predicted octanol–water partition coefficient (Wildman–Crippen LogP) is 3.27. The highest BCUT2D eigenvalue weighted by atomic mass is 16.5. The Bertz CT molecular complexity index is 541. The molecule has 0 bridgehead atoms. The number of aliphatic hydroxyl groups is 1. The first-order valence-corrected chi connectivity index (χ1v) is 7.35. The zero-order chi connectivity index (χ0) is 13.9. The van der Waals surface area contributed by atoms with Crippen molar-refractivity contribution in [2.24, 2.45) is 5.92 Å². The van der Waals surface area contributed by atoms with Crippen LogP contribution in [0.2, 0.25) is 0 Å². The van der Waals surface area contributed by atoms with Crippen molar-refractivity contribution in [1.82, 2.24) is 0 Å². The van der Waals surface area contributed by atoms with E-state index in [0.29, 0.717) is 30.8 Å². The van der Waals surface area contributed by atoms with Gasteiger partial charge in [0.2, 0.25) is 0 Å². The highest BCUT2D eigenvalue weighted by Crippen LogP contribution is 2.50. The number of aliphatic hydroxyl groups excluding tert-OH is 1. The third kappa shape index (κ3) is 2.46. The van der Waals surface area contributed by atoms with Crippen LogP contribution in [0.1, 0.15) is 37.2 Å². The number of hydrogen-bond acceptors (Lipinski definition) is 2. The van der Waals surface area contributed by atoms with Crippen molar-refractivity contribution in [3.8, 4) is 18.1 Å². The number of hydrogen-bond donors (Lipinski definition) is 1. The zero-order valence-corrected chi connectivity index (χ0v) is 11.5. The van der Waals surface area contributed by atoms with Crippen LogP contribution in [0.3, 0.4) is 0 Å². The topological polar surface area (TPSA) is 29.5 Å². The van der Waals surface area contributed by atoms with Gasteiger partial charge in [-0.1, -0.05) is 30.4 Å². The van der Waals surface area contributed by atoms with E-state index in [1.807, 2.05) is 12.1 Å². The number of benzene rings is 1. The summed E-state index contributed by atoms with van der Waals surface area (Å²) in [4.78, 5) is 0. The summed E-state index contributed by atoms with van der Waals surface area (Å²) in [5.74, 6) is 4.51. The molecular formula is C18H20O2. The molecule has 20 heavy (non-hydrogen) atoms. The van der Waals surface area contributed by atoms with Gasteiger partial charge in [-0.2, -0.15) is 0 Å². The van der Waals surface area contributed by atoms with E-state index < -0.39 is 6.10 Å². The van der Waals surface area contributed by atoms with Crippen LogP contribution in [0.5, 0.6) is 5.75 Å². The molecule has 104 valence electrons. The molecular weight excluding hydrogens is 248 g/mol. The molecule has 2 heteroatoms. The summed E-state index contributed by atoms with van der Waals surface area (Å²) in [6, 6.07) is 8.32. The monoisotopic (exact) mass is 268 g/mol. The Morgan fingerprint density at radius 2 is 2.25 bits per heavy atom. The highest BCUT2D eigenvalue weighted by molar-refractivity contribution is 5.43. The Balaban J connectivity index is 1.70. The fraction of sp³-hybridized carbons (Fsp3) is 0.444. The van der Waals surface area contributed by atoms with Crippen molar-refractivity contribution >= 4 is 0 Å². The van der Waals surface area contributed by atoms with Gasteiger partial charge in [-0.05, 0) is 31.2 Å². The van der Waals surface area contributed by atoms with Gasteiger partial charge in [-0.3, -0.25) is 0 Å². The van der Waals surface area contributed by atoms with Gasteiger partial charge in [-0.25, -0.2) is 0 Å². The SMILES string of the molecule is C#CCCC(O)/C=C/C1CCC2Oc3ccccc3C12. The fourth-order valence-electron chi connectivity index (χ4n) is 3.40. The predicted molar refractivity (Wildman–Crippen MR) is 79.5 cm³/mol. The van der Waals surface area contributed by atoms with Crippen LogP contribution < -0.4 is 4.74 Å². The summed E-state index contributed by atoms with van der Waals surface area (Å²) in [6.45, 7) is 0. The Morgan fingerprint density at radius 3 is 3.10 bits per heavy atom. The molecule has 1 N–H and O–H groups in total. The van der Waals surface area contributed by atoms with Gasteiger partial charge in [0.05, 0.1) is 6.10 Å². The highest BCUT2D eigenvalue weighted by Gasteiger charge is 2.43. The van der Waals surface area contributed by atoms with Crippen molar-refractivity contribution < 1.29 is 9.84 Å². The maximum atomic E-state index is 9.86. The number of fused-ring (bicyclic) bond motifs is 3. The summed E-state index contributed by atoms with van der Waals surface area (Å²) in [5, 5.41) is 9.86. The van der Waals surface area contributed by atoms with Crippen LogP contribution in [-0.4, -0.2) is 17.3 Å². The third-order valence-electron chi connectivity index (χ3n) is 4.37. The lowest BCUT2D eigenvalue weighted by Crippen LogP contribution is -2.15. The normalized spacial score (nSPS) is 28.7. The average Bonchev–Trinajstić information content (AvgIpc) is 3.02. The molecule has 0 amide bonds. The lowest BCUT2D eigenvalue weighted by atomic mass is 9.88. The number of rotatable bonds is 4. The number of allylic oxidation sites excluding steroid dienone is 1. The number of terminal acetylenes is 1. The molecule has 3 rings (SSSR count). The molecule has 1 aliphatic heterocycles. The van der Waals surface area contributed by atoms with Gasteiger partial charge in [0.1, 0.15) is 11.9 Å². The minimum atomic E-state index is -0.428. The second-order valence-electron chi connectivity index (χ2n) is 5.66. The van der Waals surface area contributed by atoms with Crippen LogP contribution in [0, 0.1) is 18.3 Å². The maximum absolute atomic E-state index is 9.86. The molecule has 1 aromatic rings. The molecule has 1 saturated carbocycles. The van der Waals surface area contributed by atoms with Crippen molar-refractivity contribution in [1.29, 1.82) is 0 Å². The first-order valence-electron chi connectivity index (χ1n) is 7.35. The van der Waals surface area contributed by atoms with E-state index in [0.717, 1.165) is 18.6 Å². The molecule has 4 unspecified atom stereocenters. The number of para-hydroxylation sites is 1. The second kappa shape index (κ2) is 5.73. The number of ether oxygens (including phenoxy) is 1. The Morgan fingerprint density at radius 1 is 1.40 bits per heavy atom. The standard InChI is InChI=1S/C18H20O2/c1-2-3-6-14(19)11-9-13-10-12-17-18(13)15-7-4-5-8-16(15)20-17/h1,4-5,7-9,11,13-14,17-19H,3,6,10,12H2/b11-9+. The molecule has 1 fully saturated rings. The van der Waals surface area contributed by atoms with E-state index in [-0.39, 0.29) is 0 Å². The van der Waals surface area contributed by atoms with Gasteiger partial charge in [0.15, 0.2) is 0 Å². The van der Waals surface area contributed by atoms with Crippen LogP contribution in [-0.2, 0) is 0 Å². The molecule has 2 aliphatic rings. The van der Waals surface area contributed by atoms with Gasteiger partial charge < -0.3 is 9.84 Å². The minimum absolute atomic E-state index is 0.310. The van der Waals surface area contributed by atoms with Gasteiger partial charge >= 0.3 is 0 Å². The zero-order valence-electron chi connectivity index (χ0n) is 11.5. The minimum Gasteiger partial charge on any atom is -0.489 e. The van der Waals surface area contributed by atoms with Crippen LogP contribution in [0.15, 0.2) is 36.4 Å². The van der Waals surface area contributed by atoms with Crippen LogP contribution in [0.4, 0.5) is 0 Å². The quantitative estimate of drug-likeness (QED) is 0.671. The van der Waals surface area contributed by atoms with Crippen molar-refractivity contribution in [3.05, 3.63) is 42.0 Å². The van der Waals surface area contributed by atoms with E-state index in [9.17, 15) is 5.11 Å². The molecule has 0 radical (unpaired) electrons. The summed E-state index contributed by atoms with van der Waals surface area (Å²) >= 11 is 0. The summed E-state index contributed by atoms with van der Waals surface area (Å²) in [5.41, 5.74) is 1.32. The molecule has 4 atom stereocenters. The van der Waals surface area contributed by atoms with Crippen LogP contribution >= 0.6 is 0 Å². The first kappa shape index (κ1) is 13.3. The lowest BCUT2D eigenvalue weighted by molar-refractivity contribution is 0.212. The summed E-state index contributed by atoms with van der Waals surface area (Å²) in [6.07, 6.45) is 12.6. The molecule has 0 saturated heterocycles. The lowest BCUT2D eigenvalue weighted by Gasteiger charge is -2.14. The van der Waals surface area contributed by atoms with E-state index in [4.69, 9.17) is 11.2 Å². The summed E-state index contributed by atoms with van der Waals surface area (Å²) < 4.78 is 6.01. The van der Waals surface area contributed by atoms with Crippen LogP contribution in [0.25, 0.3) is 0 Å². The average molecular weight is 268 g/mol. The van der Waals surface area contributed by atoms with E-state index in [1.54, 1.807) is 0 Å². The smallest absolute Gasteiger partial charge is 0.123 e. The van der Waals surface area contributed by atoms with Gasteiger partial charge in [0.25, 0.3) is 0 Å². The second-order valence-corrected chi connectivity index (χ2v) is 5.66. The Kier molecular flexibility index (Phi) is 3.80. The van der Waals surface area contributed by atoms with Crippen molar-refractivity contribution in [2.75, 3.05) is 0 Å². The Hall–Kier alpha value is -1.72. The molecule has 1 aliphatic carbocycles. The van der Waals surface area contributed by atoms with E-state index >= 15 is 0 Å². The third-order valence-corrected chi connectivity index (χ3v) is 4.37. The van der Waals surface area contributed by atoms with Crippen molar-refractivity contribution in [2.45, 2.75) is 43.8 Å². The molecule has 1 heterocycles. The maximum Gasteiger partial charge on any atom is 0.123 e. The van der Waals surface area contributed by atoms with E-state index in [1.165, 1.54) is 5.56 Å². The van der Waals surface area contributed by atoms with Gasteiger partial charge in [-0.15, -0.1) is 12.3 Å². The molecule has 1 aromatic carbocycles. The molecule has 2 nitrogen and oxygen atoms in total. The first-order chi connectivity index (χ1) is 9.79. The summed E-state index contributed by atoms with van der Waals surface area (Å²) in [7, 11) is 0. The van der Waals surface area contributed by atoms with E-state index in [2.05, 4.69) is 30.2 Å². The Labute approximate surface area is 120 Å². The molecule has 0 aromatic heterocycles. The van der Waals surface area contributed by atoms with Gasteiger partial charge in [0, 0.05) is 17.9 Å². The fourth-order valence-corrected chi connectivity index (χ4v) is 3.40.